The predicted molar refractivity (Wildman–Crippen MR) is 141 cm³/mol. The lowest BCUT2D eigenvalue weighted by atomic mass is 10.0. The number of hydrogen-bond donors (Lipinski definition) is 1. The molecular formula is C29H33NO4S. The molecule has 184 valence electrons. The van der Waals surface area contributed by atoms with Crippen LogP contribution in [-0.4, -0.2) is 38.5 Å². The summed E-state index contributed by atoms with van der Waals surface area (Å²) in [5.41, 5.74) is 3.33. The van der Waals surface area contributed by atoms with Crippen molar-refractivity contribution < 1.29 is 19.0 Å². The molecule has 0 bridgehead atoms. The van der Waals surface area contributed by atoms with Crippen LogP contribution in [0.15, 0.2) is 71.6 Å². The largest absolute Gasteiger partial charge is 0.493 e. The lowest BCUT2D eigenvalue weighted by molar-refractivity contribution is -0.120. The van der Waals surface area contributed by atoms with E-state index >= 15 is 0 Å². The van der Waals surface area contributed by atoms with Gasteiger partial charge in [0, 0.05) is 29.5 Å². The minimum absolute atomic E-state index is 0.0144. The monoisotopic (exact) mass is 491 g/mol. The van der Waals surface area contributed by atoms with Crippen LogP contribution in [0.3, 0.4) is 0 Å². The van der Waals surface area contributed by atoms with Crippen LogP contribution < -0.4 is 19.5 Å². The van der Waals surface area contributed by atoms with Gasteiger partial charge in [0.2, 0.25) is 5.91 Å². The van der Waals surface area contributed by atoms with Crippen molar-refractivity contribution in [3.05, 3.63) is 83.4 Å². The van der Waals surface area contributed by atoms with Crippen molar-refractivity contribution in [2.24, 2.45) is 5.92 Å². The SMILES string of the molecule is COc1ccc(CC(=O)NCCc2ccc3c(c2)O[C@@H]([C@@H](C)CSc2ccccc2)C3)cc1OC. The van der Waals surface area contributed by atoms with E-state index in [-0.39, 0.29) is 12.0 Å². The van der Waals surface area contributed by atoms with Gasteiger partial charge in [0.05, 0.1) is 20.6 Å². The number of amides is 1. The molecule has 0 radical (unpaired) electrons. The maximum Gasteiger partial charge on any atom is 0.224 e. The summed E-state index contributed by atoms with van der Waals surface area (Å²) in [6.07, 6.45) is 2.22. The van der Waals surface area contributed by atoms with Gasteiger partial charge >= 0.3 is 0 Å². The number of fused-ring (bicyclic) bond motifs is 1. The zero-order valence-corrected chi connectivity index (χ0v) is 21.4. The average molecular weight is 492 g/mol. The number of nitrogens with one attached hydrogen (secondary N) is 1. The molecule has 5 nitrogen and oxygen atoms in total. The molecule has 0 spiro atoms. The van der Waals surface area contributed by atoms with E-state index in [0.29, 0.717) is 30.4 Å². The van der Waals surface area contributed by atoms with Crippen LogP contribution in [0.2, 0.25) is 0 Å². The molecule has 6 heteroatoms. The van der Waals surface area contributed by atoms with Crippen LogP contribution in [0.1, 0.15) is 23.6 Å². The molecule has 4 rings (SSSR count). The van der Waals surface area contributed by atoms with Gasteiger partial charge in [-0.1, -0.05) is 43.3 Å². The van der Waals surface area contributed by atoms with Crippen molar-refractivity contribution in [3.8, 4) is 17.2 Å². The number of thioether (sulfide) groups is 1. The normalized spacial score (nSPS) is 15.1. The summed E-state index contributed by atoms with van der Waals surface area (Å²) in [5.74, 6) is 3.73. The summed E-state index contributed by atoms with van der Waals surface area (Å²) in [5, 5.41) is 3.02. The molecule has 35 heavy (non-hydrogen) atoms. The Morgan fingerprint density at radius 1 is 1.03 bits per heavy atom. The van der Waals surface area contributed by atoms with Crippen molar-refractivity contribution in [2.75, 3.05) is 26.5 Å². The second-order valence-corrected chi connectivity index (χ2v) is 9.96. The number of ether oxygens (including phenoxy) is 3. The first-order valence-electron chi connectivity index (χ1n) is 12.0. The Balaban J connectivity index is 1.23. The van der Waals surface area contributed by atoms with E-state index in [2.05, 4.69) is 54.7 Å². The van der Waals surface area contributed by atoms with Crippen molar-refractivity contribution in [2.45, 2.75) is 37.2 Å². The van der Waals surface area contributed by atoms with Gasteiger partial charge in [0.25, 0.3) is 0 Å². The van der Waals surface area contributed by atoms with Crippen molar-refractivity contribution in [1.82, 2.24) is 5.32 Å². The minimum atomic E-state index is -0.0144. The van der Waals surface area contributed by atoms with Gasteiger partial charge in [-0.05, 0) is 53.4 Å². The van der Waals surface area contributed by atoms with Crippen LogP contribution in [-0.2, 0) is 24.1 Å². The van der Waals surface area contributed by atoms with Crippen LogP contribution >= 0.6 is 11.8 Å². The highest BCUT2D eigenvalue weighted by Gasteiger charge is 2.28. The smallest absolute Gasteiger partial charge is 0.224 e. The predicted octanol–water partition coefficient (Wildman–Crippen LogP) is 5.34. The highest BCUT2D eigenvalue weighted by atomic mass is 32.2. The fraction of sp³-hybridized carbons (Fsp3) is 0.345. The second kappa shape index (κ2) is 12.0. The van der Waals surface area contributed by atoms with E-state index in [9.17, 15) is 4.79 Å². The summed E-state index contributed by atoms with van der Waals surface area (Å²) < 4.78 is 16.9. The van der Waals surface area contributed by atoms with Crippen LogP contribution in [0, 0.1) is 5.92 Å². The van der Waals surface area contributed by atoms with Gasteiger partial charge in [-0.25, -0.2) is 0 Å². The number of carbonyl (C=O) groups excluding carboxylic acids is 1. The Bertz CT molecular complexity index is 1130. The number of methoxy groups -OCH3 is 2. The lowest BCUT2D eigenvalue weighted by Crippen LogP contribution is -2.27. The van der Waals surface area contributed by atoms with Crippen molar-refractivity contribution >= 4 is 17.7 Å². The fourth-order valence-corrected chi connectivity index (χ4v) is 5.23. The van der Waals surface area contributed by atoms with E-state index in [4.69, 9.17) is 14.2 Å². The summed E-state index contributed by atoms with van der Waals surface area (Å²) in [7, 11) is 3.19. The van der Waals surface area contributed by atoms with Crippen LogP contribution in [0.4, 0.5) is 0 Å². The molecule has 3 aromatic carbocycles. The maximum atomic E-state index is 12.4. The first-order chi connectivity index (χ1) is 17.1. The molecular weight excluding hydrogens is 458 g/mol. The topological polar surface area (TPSA) is 56.8 Å². The first-order valence-corrected chi connectivity index (χ1v) is 13.0. The van der Waals surface area contributed by atoms with E-state index in [1.165, 1.54) is 16.0 Å². The quantitative estimate of drug-likeness (QED) is 0.367. The van der Waals surface area contributed by atoms with Crippen molar-refractivity contribution in [1.29, 1.82) is 0 Å². The summed E-state index contributed by atoms with van der Waals surface area (Å²) in [6.45, 7) is 2.85. The number of rotatable bonds is 11. The lowest BCUT2D eigenvalue weighted by Gasteiger charge is -2.18. The Hall–Kier alpha value is -3.12. The molecule has 0 saturated heterocycles. The molecule has 1 aliphatic heterocycles. The second-order valence-electron chi connectivity index (χ2n) is 8.87. The molecule has 0 fully saturated rings. The van der Waals surface area contributed by atoms with Crippen LogP contribution in [0.25, 0.3) is 0 Å². The molecule has 1 aliphatic rings. The zero-order valence-electron chi connectivity index (χ0n) is 20.6. The summed E-state index contributed by atoms with van der Waals surface area (Å²) >= 11 is 1.88. The number of carbonyl (C=O) groups is 1. The van der Waals surface area contributed by atoms with E-state index in [1.54, 1.807) is 14.2 Å². The van der Waals surface area contributed by atoms with E-state index in [1.807, 2.05) is 36.0 Å². The highest BCUT2D eigenvalue weighted by molar-refractivity contribution is 7.99. The third-order valence-electron chi connectivity index (χ3n) is 6.27. The Kier molecular flexibility index (Phi) is 8.59. The molecule has 1 amide bonds. The highest BCUT2D eigenvalue weighted by Crippen LogP contribution is 2.34. The average Bonchev–Trinajstić information content (AvgIpc) is 3.31. The van der Waals surface area contributed by atoms with E-state index in [0.717, 1.165) is 29.9 Å². The summed E-state index contributed by atoms with van der Waals surface area (Å²) in [4.78, 5) is 13.7. The standard InChI is InChI=1S/C29H33NO4S/c1-20(19-35-24-7-5-4-6-8-24)26-18-23-11-9-21(15-27(23)34-26)13-14-30-29(31)17-22-10-12-25(32-2)28(16-22)33-3/h4-12,15-16,20,26H,13-14,17-19H2,1-3H3,(H,30,31)/t20-,26+/m0/s1. The molecule has 0 unspecified atom stereocenters. The Labute approximate surface area is 212 Å². The Morgan fingerprint density at radius 3 is 2.57 bits per heavy atom. The molecule has 1 heterocycles. The maximum absolute atomic E-state index is 12.4. The van der Waals surface area contributed by atoms with Gasteiger partial charge in [-0.2, -0.15) is 0 Å². The molecule has 0 aliphatic carbocycles. The first kappa shape index (κ1) is 25.0. The molecule has 0 saturated carbocycles. The van der Waals surface area contributed by atoms with Gasteiger partial charge in [-0.3, -0.25) is 4.79 Å². The van der Waals surface area contributed by atoms with Crippen molar-refractivity contribution in [3.63, 3.8) is 0 Å². The van der Waals surface area contributed by atoms with E-state index < -0.39 is 0 Å². The molecule has 1 N–H and O–H groups in total. The third kappa shape index (κ3) is 6.73. The van der Waals surface area contributed by atoms with Crippen LogP contribution in [0.5, 0.6) is 17.2 Å². The molecule has 3 aromatic rings. The van der Waals surface area contributed by atoms with Gasteiger partial charge < -0.3 is 19.5 Å². The minimum Gasteiger partial charge on any atom is -0.493 e. The van der Waals surface area contributed by atoms with Gasteiger partial charge in [0.15, 0.2) is 11.5 Å². The van der Waals surface area contributed by atoms with Gasteiger partial charge in [0.1, 0.15) is 11.9 Å². The van der Waals surface area contributed by atoms with Gasteiger partial charge in [-0.15, -0.1) is 11.8 Å². The Morgan fingerprint density at radius 2 is 1.80 bits per heavy atom. The summed E-state index contributed by atoms with van der Waals surface area (Å²) in [6, 6.07) is 22.5. The third-order valence-corrected chi connectivity index (χ3v) is 7.57. The molecule has 0 aromatic heterocycles. The molecule has 2 atom stereocenters. The number of hydrogen-bond acceptors (Lipinski definition) is 5. The number of benzene rings is 3. The fourth-order valence-electron chi connectivity index (χ4n) is 4.21. The zero-order chi connectivity index (χ0) is 24.6.